The lowest BCUT2D eigenvalue weighted by atomic mass is 9.96. The summed E-state index contributed by atoms with van der Waals surface area (Å²) in [7, 11) is 0. The molecule has 1 atom stereocenters. The first-order chi connectivity index (χ1) is 9.70. The van der Waals surface area contributed by atoms with E-state index in [0.717, 1.165) is 54.5 Å². The minimum Gasteiger partial charge on any atom is -0.351 e. The second-order valence-corrected chi connectivity index (χ2v) is 6.61. The molecule has 0 bridgehead atoms. The highest BCUT2D eigenvalue weighted by Crippen LogP contribution is 2.19. The molecule has 2 N–H and O–H groups in total. The predicted octanol–water partition coefficient (Wildman–Crippen LogP) is 3.37. The molecule has 22 heavy (non-hydrogen) atoms. The number of thiazole rings is 1. The van der Waals surface area contributed by atoms with Gasteiger partial charge in [0.25, 0.3) is 5.91 Å². The Morgan fingerprint density at radius 2 is 2.23 bits per heavy atom. The topological polar surface area (TPSA) is 54.0 Å². The minimum atomic E-state index is 0. The largest absolute Gasteiger partial charge is 0.351 e. The summed E-state index contributed by atoms with van der Waals surface area (Å²) >= 11 is 1.54. The fourth-order valence-electron chi connectivity index (χ4n) is 2.62. The smallest absolute Gasteiger partial charge is 0.263 e. The van der Waals surface area contributed by atoms with Crippen LogP contribution in [-0.2, 0) is 6.42 Å². The van der Waals surface area contributed by atoms with Crippen molar-refractivity contribution in [3.63, 3.8) is 0 Å². The Morgan fingerprint density at radius 1 is 1.45 bits per heavy atom. The Balaban J connectivity index is 0.00000220. The highest BCUT2D eigenvalue weighted by atomic mass is 35.5. The van der Waals surface area contributed by atoms with E-state index in [9.17, 15) is 4.79 Å². The van der Waals surface area contributed by atoms with Crippen LogP contribution in [0.3, 0.4) is 0 Å². The van der Waals surface area contributed by atoms with Crippen LogP contribution in [0.2, 0.25) is 0 Å². The Morgan fingerprint density at radius 3 is 2.86 bits per heavy atom. The van der Waals surface area contributed by atoms with Gasteiger partial charge in [-0.1, -0.05) is 6.92 Å². The van der Waals surface area contributed by atoms with Crippen molar-refractivity contribution in [2.24, 2.45) is 5.92 Å². The Kier molecular flexibility index (Phi) is 11.0. The molecule has 0 saturated carbocycles. The molecule has 2 rings (SSSR count). The molecule has 1 amide bonds. The SMILES string of the molecule is CCCc1nc(C)c(C(=O)NCCC2CCCNC2)s1.Cl.Cl. The second-order valence-electron chi connectivity index (χ2n) is 5.53. The van der Waals surface area contributed by atoms with Gasteiger partial charge in [0, 0.05) is 6.54 Å². The van der Waals surface area contributed by atoms with Crippen LogP contribution in [-0.4, -0.2) is 30.5 Å². The molecule has 1 aliphatic rings. The maximum absolute atomic E-state index is 12.2. The molecule has 0 radical (unpaired) electrons. The summed E-state index contributed by atoms with van der Waals surface area (Å²) in [4.78, 5) is 17.4. The highest BCUT2D eigenvalue weighted by Gasteiger charge is 2.16. The predicted molar refractivity (Wildman–Crippen MR) is 97.9 cm³/mol. The summed E-state index contributed by atoms with van der Waals surface area (Å²) in [6, 6.07) is 0. The highest BCUT2D eigenvalue weighted by molar-refractivity contribution is 7.13. The van der Waals surface area contributed by atoms with Gasteiger partial charge in [-0.3, -0.25) is 4.79 Å². The number of piperidine rings is 1. The number of rotatable bonds is 6. The number of amides is 1. The van der Waals surface area contributed by atoms with E-state index in [0.29, 0.717) is 5.92 Å². The maximum Gasteiger partial charge on any atom is 0.263 e. The standard InChI is InChI=1S/C15H25N3OS.2ClH/c1-3-5-13-18-11(2)14(20-13)15(19)17-9-7-12-6-4-8-16-10-12;;/h12,16H,3-10H2,1-2H3,(H,17,19);2*1H. The van der Waals surface area contributed by atoms with Crippen molar-refractivity contribution < 1.29 is 4.79 Å². The average molecular weight is 368 g/mol. The summed E-state index contributed by atoms with van der Waals surface area (Å²) in [5, 5.41) is 7.53. The normalized spacial score (nSPS) is 17.3. The number of carbonyl (C=O) groups is 1. The molecule has 1 aromatic heterocycles. The maximum atomic E-state index is 12.2. The van der Waals surface area contributed by atoms with Crippen LogP contribution in [0, 0.1) is 12.8 Å². The third-order valence-corrected chi connectivity index (χ3v) is 4.96. The van der Waals surface area contributed by atoms with Crippen molar-refractivity contribution in [1.82, 2.24) is 15.6 Å². The molecule has 0 spiro atoms. The lowest BCUT2D eigenvalue weighted by molar-refractivity contribution is 0.0954. The zero-order valence-corrected chi connectivity index (χ0v) is 15.8. The molecule has 128 valence electrons. The van der Waals surface area contributed by atoms with Gasteiger partial charge in [-0.25, -0.2) is 4.98 Å². The first-order valence-corrected chi connectivity index (χ1v) is 8.47. The van der Waals surface area contributed by atoms with Crippen molar-refractivity contribution in [2.45, 2.75) is 46.0 Å². The summed E-state index contributed by atoms with van der Waals surface area (Å²) in [6.07, 6.45) is 5.64. The molecule has 1 fully saturated rings. The van der Waals surface area contributed by atoms with Crippen molar-refractivity contribution in [3.05, 3.63) is 15.6 Å². The van der Waals surface area contributed by atoms with E-state index >= 15 is 0 Å². The van der Waals surface area contributed by atoms with E-state index < -0.39 is 0 Å². The lowest BCUT2D eigenvalue weighted by Crippen LogP contribution is -2.33. The van der Waals surface area contributed by atoms with Gasteiger partial charge < -0.3 is 10.6 Å². The Bertz CT molecular complexity index is 448. The fourth-order valence-corrected chi connectivity index (χ4v) is 3.71. The number of hydrogen-bond donors (Lipinski definition) is 2. The van der Waals surface area contributed by atoms with Gasteiger partial charge in [0.15, 0.2) is 0 Å². The molecule has 1 aliphatic heterocycles. The van der Waals surface area contributed by atoms with Gasteiger partial charge in [-0.2, -0.15) is 0 Å². The molecule has 4 nitrogen and oxygen atoms in total. The van der Waals surface area contributed by atoms with Crippen LogP contribution in [0.15, 0.2) is 0 Å². The van der Waals surface area contributed by atoms with Gasteiger partial charge in [0.2, 0.25) is 0 Å². The number of halogens is 2. The number of hydrogen-bond acceptors (Lipinski definition) is 4. The summed E-state index contributed by atoms with van der Waals surface area (Å²) in [5.74, 6) is 0.758. The zero-order chi connectivity index (χ0) is 14.4. The number of aryl methyl sites for hydroxylation is 2. The van der Waals surface area contributed by atoms with E-state index in [1.165, 1.54) is 12.8 Å². The number of nitrogens with one attached hydrogen (secondary N) is 2. The summed E-state index contributed by atoms with van der Waals surface area (Å²) < 4.78 is 0. The fraction of sp³-hybridized carbons (Fsp3) is 0.733. The van der Waals surface area contributed by atoms with E-state index in [-0.39, 0.29) is 30.7 Å². The van der Waals surface area contributed by atoms with E-state index in [2.05, 4.69) is 22.5 Å². The molecule has 7 heteroatoms. The number of carbonyl (C=O) groups excluding carboxylic acids is 1. The van der Waals surface area contributed by atoms with Gasteiger partial charge in [-0.15, -0.1) is 36.2 Å². The quantitative estimate of drug-likeness (QED) is 0.810. The van der Waals surface area contributed by atoms with Crippen LogP contribution in [0.25, 0.3) is 0 Å². The number of aromatic nitrogens is 1. The first-order valence-electron chi connectivity index (χ1n) is 7.66. The van der Waals surface area contributed by atoms with Gasteiger partial charge >= 0.3 is 0 Å². The molecule has 2 heterocycles. The molecule has 0 aliphatic carbocycles. The summed E-state index contributed by atoms with van der Waals surface area (Å²) in [5.41, 5.74) is 0.871. The molecule has 0 aromatic carbocycles. The third kappa shape index (κ3) is 6.41. The monoisotopic (exact) mass is 367 g/mol. The minimum absolute atomic E-state index is 0. The van der Waals surface area contributed by atoms with Gasteiger partial charge in [0.1, 0.15) is 4.88 Å². The molecular weight excluding hydrogens is 341 g/mol. The van der Waals surface area contributed by atoms with E-state index in [1.54, 1.807) is 11.3 Å². The Labute approximate surface area is 149 Å². The second kappa shape index (κ2) is 11.2. The average Bonchev–Trinajstić information content (AvgIpc) is 2.81. The molecule has 1 aromatic rings. The molecule has 1 saturated heterocycles. The zero-order valence-electron chi connectivity index (χ0n) is 13.3. The van der Waals surface area contributed by atoms with Gasteiger partial charge in [-0.05, 0) is 58.0 Å². The van der Waals surface area contributed by atoms with Crippen molar-refractivity contribution >= 4 is 42.1 Å². The van der Waals surface area contributed by atoms with Crippen LogP contribution in [0.4, 0.5) is 0 Å². The van der Waals surface area contributed by atoms with Gasteiger partial charge in [0.05, 0.1) is 10.7 Å². The van der Waals surface area contributed by atoms with Crippen LogP contribution >= 0.6 is 36.2 Å². The van der Waals surface area contributed by atoms with Crippen LogP contribution in [0.1, 0.15) is 53.0 Å². The summed E-state index contributed by atoms with van der Waals surface area (Å²) in [6.45, 7) is 7.06. The molecular formula is C15H27Cl2N3OS. The van der Waals surface area contributed by atoms with E-state index in [1.807, 2.05) is 6.92 Å². The third-order valence-electron chi connectivity index (χ3n) is 3.75. The van der Waals surface area contributed by atoms with Crippen molar-refractivity contribution in [2.75, 3.05) is 19.6 Å². The van der Waals surface area contributed by atoms with Crippen molar-refractivity contribution in [1.29, 1.82) is 0 Å². The first kappa shape index (κ1) is 21.6. The van der Waals surface area contributed by atoms with Crippen LogP contribution < -0.4 is 10.6 Å². The van der Waals surface area contributed by atoms with Crippen LogP contribution in [0.5, 0.6) is 0 Å². The van der Waals surface area contributed by atoms with E-state index in [4.69, 9.17) is 0 Å². The Hall–Kier alpha value is -0.360. The lowest BCUT2D eigenvalue weighted by Gasteiger charge is -2.22. The molecule has 1 unspecified atom stereocenters. The number of nitrogens with zero attached hydrogens (tertiary/aromatic N) is 1. The van der Waals surface area contributed by atoms with Crippen molar-refractivity contribution in [3.8, 4) is 0 Å².